The number of likely N-dealkylation sites (N-methyl/N-ethyl adjacent to an activating group) is 1. The van der Waals surface area contributed by atoms with E-state index in [1.54, 1.807) is 18.0 Å². The average molecular weight is 579 g/mol. The highest BCUT2D eigenvalue weighted by molar-refractivity contribution is 5.84. The van der Waals surface area contributed by atoms with Gasteiger partial charge in [-0.1, -0.05) is 12.0 Å². The fraction of sp³-hybridized carbons (Fsp3) is 0.500. The maximum Gasteiger partial charge on any atom is 0.409 e. The van der Waals surface area contributed by atoms with Crippen LogP contribution in [0.15, 0.2) is 30.7 Å². The van der Waals surface area contributed by atoms with E-state index >= 15 is 0 Å². The number of hydrogen-bond donors (Lipinski definition) is 4. The van der Waals surface area contributed by atoms with E-state index in [0.717, 1.165) is 18.5 Å². The number of pyridine rings is 1. The molecule has 14 nitrogen and oxygen atoms in total. The molecule has 2 fully saturated rings. The van der Waals surface area contributed by atoms with Gasteiger partial charge in [-0.2, -0.15) is 0 Å². The van der Waals surface area contributed by atoms with Gasteiger partial charge in [0, 0.05) is 32.3 Å². The summed E-state index contributed by atoms with van der Waals surface area (Å²) in [5.74, 6) is 6.67. The Morgan fingerprint density at radius 1 is 1.17 bits per heavy atom. The fourth-order valence-electron chi connectivity index (χ4n) is 5.06. The molecule has 0 saturated carbocycles. The third-order valence-corrected chi connectivity index (χ3v) is 7.34. The lowest BCUT2D eigenvalue weighted by atomic mass is 9.94. The van der Waals surface area contributed by atoms with Crippen molar-refractivity contribution < 1.29 is 29.3 Å². The Bertz CT molecular complexity index is 1460. The second-order valence-electron chi connectivity index (χ2n) is 10.1. The number of imidazole rings is 1. The molecule has 0 radical (unpaired) electrons. The molecule has 2 saturated heterocycles. The molecule has 2 aliphatic heterocycles. The van der Waals surface area contributed by atoms with Gasteiger partial charge in [-0.25, -0.2) is 19.7 Å². The number of methoxy groups -OCH3 is 1. The van der Waals surface area contributed by atoms with Gasteiger partial charge in [-0.15, -0.1) is 0 Å². The van der Waals surface area contributed by atoms with Crippen LogP contribution in [0.4, 0.5) is 10.6 Å². The normalized spacial score (nSPS) is 22.4. The minimum Gasteiger partial charge on any atom is -0.453 e. The highest BCUT2D eigenvalue weighted by atomic mass is 16.6. The van der Waals surface area contributed by atoms with Crippen LogP contribution in [0.3, 0.4) is 0 Å². The quantitative estimate of drug-likeness (QED) is 0.292. The lowest BCUT2D eigenvalue weighted by Gasteiger charge is -2.29. The molecule has 4 N–H and O–H groups in total. The van der Waals surface area contributed by atoms with Gasteiger partial charge in [0.15, 0.2) is 29.3 Å². The molecule has 0 aliphatic carbocycles. The van der Waals surface area contributed by atoms with Crippen molar-refractivity contribution in [3.63, 3.8) is 0 Å². The number of rotatable bonds is 7. The predicted octanol–water partition coefficient (Wildman–Crippen LogP) is 0.809. The zero-order chi connectivity index (χ0) is 29.6. The Morgan fingerprint density at radius 2 is 1.98 bits per heavy atom. The van der Waals surface area contributed by atoms with E-state index in [2.05, 4.69) is 42.4 Å². The van der Waals surface area contributed by atoms with Crippen LogP contribution in [-0.2, 0) is 20.8 Å². The summed E-state index contributed by atoms with van der Waals surface area (Å²) in [5, 5.41) is 27.2. The summed E-state index contributed by atoms with van der Waals surface area (Å²) in [6.45, 7) is 3.71. The molecule has 0 bridgehead atoms. The summed E-state index contributed by atoms with van der Waals surface area (Å²) in [7, 11) is 1.38. The van der Waals surface area contributed by atoms with Crippen LogP contribution in [0.1, 0.15) is 43.9 Å². The van der Waals surface area contributed by atoms with E-state index in [4.69, 9.17) is 9.47 Å². The van der Waals surface area contributed by atoms with Gasteiger partial charge in [0.25, 0.3) is 5.91 Å². The third-order valence-electron chi connectivity index (χ3n) is 7.34. The molecule has 2 aliphatic rings. The van der Waals surface area contributed by atoms with Gasteiger partial charge in [0.05, 0.1) is 25.7 Å². The summed E-state index contributed by atoms with van der Waals surface area (Å²) in [6.07, 6.45) is -0.151. The summed E-state index contributed by atoms with van der Waals surface area (Å²) >= 11 is 0. The van der Waals surface area contributed by atoms with E-state index in [1.807, 2.05) is 18.2 Å². The second-order valence-corrected chi connectivity index (χ2v) is 10.1. The van der Waals surface area contributed by atoms with E-state index in [0.29, 0.717) is 55.5 Å². The van der Waals surface area contributed by atoms with E-state index < -0.39 is 30.4 Å². The van der Waals surface area contributed by atoms with Gasteiger partial charge >= 0.3 is 6.09 Å². The third kappa shape index (κ3) is 6.28. The number of carbonyl (C=O) groups excluding carboxylic acids is 2. The Hall–Kier alpha value is -4.32. The number of aliphatic hydroxyl groups is 2. The lowest BCUT2D eigenvalue weighted by molar-refractivity contribution is -0.137. The monoisotopic (exact) mass is 578 g/mol. The molecule has 0 aromatic carbocycles. The topological polar surface area (TPSA) is 177 Å². The van der Waals surface area contributed by atoms with Gasteiger partial charge < -0.3 is 35.2 Å². The zero-order valence-electron chi connectivity index (χ0n) is 23.4. The van der Waals surface area contributed by atoms with Crippen LogP contribution in [-0.4, -0.2) is 96.7 Å². The number of anilines is 1. The summed E-state index contributed by atoms with van der Waals surface area (Å²) in [6, 6.07) is 5.59. The highest BCUT2D eigenvalue weighted by Gasteiger charge is 2.47. The number of aliphatic hydroxyl groups excluding tert-OH is 2. The number of aromatic nitrogens is 5. The van der Waals surface area contributed by atoms with E-state index in [9.17, 15) is 19.8 Å². The zero-order valence-corrected chi connectivity index (χ0v) is 23.4. The van der Waals surface area contributed by atoms with Crippen molar-refractivity contribution in [1.82, 2.24) is 34.7 Å². The fourth-order valence-corrected chi connectivity index (χ4v) is 5.06. The molecule has 222 valence electrons. The Kier molecular flexibility index (Phi) is 9.11. The van der Waals surface area contributed by atoms with Gasteiger partial charge in [0.2, 0.25) is 5.82 Å². The van der Waals surface area contributed by atoms with Crippen molar-refractivity contribution in [1.29, 1.82) is 0 Å². The van der Waals surface area contributed by atoms with E-state index in [1.165, 1.54) is 18.0 Å². The Morgan fingerprint density at radius 3 is 2.69 bits per heavy atom. The number of nitrogens with one attached hydrogen (secondary N) is 2. The average Bonchev–Trinajstić information content (AvgIpc) is 3.56. The summed E-state index contributed by atoms with van der Waals surface area (Å²) in [4.78, 5) is 43.9. The number of likely N-dealkylation sites (tertiary alicyclic amines) is 1. The maximum atomic E-state index is 12.4. The van der Waals surface area contributed by atoms with Gasteiger partial charge in [-0.05, 0) is 43.7 Å². The first-order valence-electron chi connectivity index (χ1n) is 13.9. The summed E-state index contributed by atoms with van der Waals surface area (Å²) < 4.78 is 12.1. The molecule has 5 heterocycles. The molecule has 2 unspecified atom stereocenters. The number of hydrogen-bond acceptors (Lipinski definition) is 11. The van der Waals surface area contributed by atoms with Crippen molar-refractivity contribution >= 4 is 29.0 Å². The van der Waals surface area contributed by atoms with Gasteiger partial charge in [0.1, 0.15) is 12.2 Å². The molecule has 14 heteroatoms. The molecular weight excluding hydrogens is 544 g/mol. The maximum absolute atomic E-state index is 12.4. The SMILES string of the molecule is CCNC(=O)[C@H]1O[C@@H](n2cnc3c(NCc4ccccn4)nc(C#CCC4CCN(C(=O)OC)CC4)nc32)C(O)C1O. The molecule has 42 heavy (non-hydrogen) atoms. The van der Waals surface area contributed by atoms with Crippen molar-refractivity contribution in [3.05, 3.63) is 42.2 Å². The minimum absolute atomic E-state index is 0.230. The number of amides is 2. The molecule has 2 amide bonds. The first-order chi connectivity index (χ1) is 20.4. The largest absolute Gasteiger partial charge is 0.453 e. The standard InChI is InChI=1S/C28H34N8O6/c1-3-29-26(39)23-21(37)22(38)27(42-23)36-16-32-20-24(31-15-18-8-4-5-12-30-18)33-19(34-25(20)36)9-6-7-17-10-13-35(14-11-17)28(40)41-2/h4-5,8,12,16-17,21-23,27,37-38H,3,7,10-11,13-15H2,1-2H3,(H,29,39)(H,31,33,34)/t21?,22?,23-,27+/m0/s1. The Balaban J connectivity index is 1.40. The Labute approximate surface area is 242 Å². The van der Waals surface area contributed by atoms with Crippen LogP contribution in [0.5, 0.6) is 0 Å². The van der Waals surface area contributed by atoms with E-state index in [-0.39, 0.29) is 11.9 Å². The van der Waals surface area contributed by atoms with Crippen molar-refractivity contribution in [2.45, 2.75) is 57.3 Å². The number of carbonyl (C=O) groups is 2. The smallest absolute Gasteiger partial charge is 0.409 e. The van der Waals surface area contributed by atoms with Crippen LogP contribution >= 0.6 is 0 Å². The highest BCUT2D eigenvalue weighted by Crippen LogP contribution is 2.33. The molecule has 3 aromatic rings. The van der Waals surface area contributed by atoms with Crippen LogP contribution in [0.25, 0.3) is 11.2 Å². The second kappa shape index (κ2) is 13.1. The number of piperidine rings is 1. The predicted molar refractivity (Wildman–Crippen MR) is 150 cm³/mol. The summed E-state index contributed by atoms with van der Waals surface area (Å²) in [5.41, 5.74) is 1.51. The first-order valence-corrected chi connectivity index (χ1v) is 13.9. The number of nitrogens with zero attached hydrogens (tertiary/aromatic N) is 6. The number of ether oxygens (including phenoxy) is 2. The van der Waals surface area contributed by atoms with Crippen molar-refractivity contribution in [2.24, 2.45) is 5.92 Å². The molecule has 0 spiro atoms. The van der Waals surface area contributed by atoms with Gasteiger partial charge in [-0.3, -0.25) is 14.3 Å². The minimum atomic E-state index is -1.44. The molecule has 3 aromatic heterocycles. The first kappa shape index (κ1) is 29.2. The van der Waals surface area contributed by atoms with Crippen molar-refractivity contribution in [2.75, 3.05) is 32.1 Å². The molecule has 4 atom stereocenters. The molecule has 5 rings (SSSR count). The molecular formula is C28H34N8O6. The van der Waals surface area contributed by atoms with Crippen molar-refractivity contribution in [3.8, 4) is 11.8 Å². The number of fused-ring (bicyclic) bond motifs is 1. The lowest BCUT2D eigenvalue weighted by Crippen LogP contribution is -2.42. The van der Waals surface area contributed by atoms with Crippen LogP contribution in [0, 0.1) is 17.8 Å². The van der Waals surface area contributed by atoms with Crippen LogP contribution in [0.2, 0.25) is 0 Å². The van der Waals surface area contributed by atoms with Crippen LogP contribution < -0.4 is 10.6 Å².